The first kappa shape index (κ1) is 24.1. The highest BCUT2D eigenvalue weighted by Crippen LogP contribution is 2.24. The summed E-state index contributed by atoms with van der Waals surface area (Å²) in [5.74, 6) is -0.279. The van der Waals surface area contributed by atoms with Crippen molar-refractivity contribution in [1.82, 2.24) is 10.6 Å². The number of nitrogens with zero attached hydrogens (tertiary/aromatic N) is 1. The monoisotopic (exact) mass is 442 g/mol. The van der Waals surface area contributed by atoms with Crippen LogP contribution in [0, 0.1) is 5.92 Å². The smallest absolute Gasteiger partial charge is 0.246 e. The number of hydrogen-bond acceptors (Lipinski definition) is 4. The van der Waals surface area contributed by atoms with Crippen molar-refractivity contribution in [2.24, 2.45) is 5.92 Å². The molecule has 1 aromatic carbocycles. The van der Waals surface area contributed by atoms with Crippen LogP contribution in [-0.2, 0) is 14.4 Å². The zero-order valence-corrected chi connectivity index (χ0v) is 19.3. The van der Waals surface area contributed by atoms with Crippen LogP contribution in [0.15, 0.2) is 24.3 Å². The maximum atomic E-state index is 12.9. The summed E-state index contributed by atoms with van der Waals surface area (Å²) in [6.45, 7) is 4.39. The van der Waals surface area contributed by atoms with Crippen molar-refractivity contribution in [2.45, 2.75) is 77.2 Å². The number of hydrogen-bond donors (Lipinski definition) is 3. The lowest BCUT2D eigenvalue weighted by molar-refractivity contribution is -0.127. The van der Waals surface area contributed by atoms with E-state index in [0.29, 0.717) is 13.0 Å². The van der Waals surface area contributed by atoms with Crippen LogP contribution in [-0.4, -0.2) is 43.4 Å². The highest BCUT2D eigenvalue weighted by atomic mass is 16.2. The maximum absolute atomic E-state index is 12.9. The molecule has 1 saturated carbocycles. The first-order valence-corrected chi connectivity index (χ1v) is 12.3. The largest absolute Gasteiger partial charge is 0.371 e. The molecular weight excluding hydrogens is 404 g/mol. The quantitative estimate of drug-likeness (QED) is 0.516. The summed E-state index contributed by atoms with van der Waals surface area (Å²) in [7, 11) is 0. The van der Waals surface area contributed by atoms with Gasteiger partial charge in [0.1, 0.15) is 6.04 Å². The van der Waals surface area contributed by atoms with E-state index in [-0.39, 0.29) is 30.1 Å². The Hall–Kier alpha value is -2.57. The number of rotatable bonds is 10. The van der Waals surface area contributed by atoms with Crippen molar-refractivity contribution < 1.29 is 14.4 Å². The fourth-order valence-corrected chi connectivity index (χ4v) is 4.62. The van der Waals surface area contributed by atoms with Crippen LogP contribution in [0.3, 0.4) is 0 Å². The van der Waals surface area contributed by atoms with Gasteiger partial charge in [-0.25, -0.2) is 0 Å². The molecule has 1 heterocycles. The molecule has 1 aromatic rings. The molecule has 3 rings (SSSR count). The predicted molar refractivity (Wildman–Crippen MR) is 128 cm³/mol. The van der Waals surface area contributed by atoms with Crippen molar-refractivity contribution in [2.75, 3.05) is 29.9 Å². The molecule has 1 aliphatic heterocycles. The van der Waals surface area contributed by atoms with Gasteiger partial charge in [0.2, 0.25) is 17.7 Å². The molecule has 0 radical (unpaired) electrons. The Morgan fingerprint density at radius 1 is 1.06 bits per heavy atom. The average Bonchev–Trinajstić information content (AvgIpc) is 3.34. The van der Waals surface area contributed by atoms with Crippen LogP contribution in [0.2, 0.25) is 0 Å². The summed E-state index contributed by atoms with van der Waals surface area (Å²) in [5.41, 5.74) is 1.86. The van der Waals surface area contributed by atoms with Gasteiger partial charge in [0.15, 0.2) is 0 Å². The van der Waals surface area contributed by atoms with E-state index in [4.69, 9.17) is 0 Å². The molecule has 0 spiro atoms. The van der Waals surface area contributed by atoms with E-state index in [0.717, 1.165) is 56.6 Å². The topological polar surface area (TPSA) is 90.5 Å². The van der Waals surface area contributed by atoms with Crippen LogP contribution in [0.4, 0.5) is 11.4 Å². The third-order valence-electron chi connectivity index (χ3n) is 6.44. The fraction of sp³-hybridized carbons (Fsp3) is 0.640. The second-order valence-corrected chi connectivity index (χ2v) is 9.02. The average molecular weight is 443 g/mol. The minimum absolute atomic E-state index is 0.0539. The lowest BCUT2D eigenvalue weighted by Crippen LogP contribution is -2.44. The van der Waals surface area contributed by atoms with Crippen molar-refractivity contribution >= 4 is 29.1 Å². The van der Waals surface area contributed by atoms with Gasteiger partial charge in [-0.05, 0) is 50.3 Å². The van der Waals surface area contributed by atoms with E-state index in [1.807, 2.05) is 25.1 Å². The molecular formula is C25H38N4O3. The predicted octanol–water partition coefficient (Wildman–Crippen LogP) is 3.60. The molecule has 1 saturated heterocycles. The lowest BCUT2D eigenvalue weighted by Gasteiger charge is -2.21. The normalized spacial score (nSPS) is 17.6. The Morgan fingerprint density at radius 3 is 2.53 bits per heavy atom. The summed E-state index contributed by atoms with van der Waals surface area (Å²) in [6.07, 6.45) is 9.21. The van der Waals surface area contributed by atoms with E-state index in [9.17, 15) is 14.4 Å². The van der Waals surface area contributed by atoms with Crippen molar-refractivity contribution in [3.8, 4) is 0 Å². The Balaban J connectivity index is 1.46. The van der Waals surface area contributed by atoms with Crippen molar-refractivity contribution in [1.29, 1.82) is 0 Å². The van der Waals surface area contributed by atoms with Gasteiger partial charge in [-0.2, -0.15) is 0 Å². The second-order valence-electron chi connectivity index (χ2n) is 9.02. The highest BCUT2D eigenvalue weighted by Gasteiger charge is 2.23. The van der Waals surface area contributed by atoms with Crippen molar-refractivity contribution in [3.63, 3.8) is 0 Å². The second kappa shape index (κ2) is 12.5. The van der Waals surface area contributed by atoms with Gasteiger partial charge < -0.3 is 20.9 Å². The van der Waals surface area contributed by atoms with Crippen LogP contribution < -0.4 is 20.9 Å². The highest BCUT2D eigenvalue weighted by molar-refractivity contribution is 5.97. The van der Waals surface area contributed by atoms with Crippen LogP contribution in [0.5, 0.6) is 0 Å². The molecule has 0 bridgehead atoms. The fourth-order valence-electron chi connectivity index (χ4n) is 4.62. The Morgan fingerprint density at radius 2 is 1.81 bits per heavy atom. The minimum atomic E-state index is -0.586. The van der Waals surface area contributed by atoms with E-state index in [1.165, 1.54) is 19.3 Å². The number of benzene rings is 1. The Labute approximate surface area is 191 Å². The molecule has 7 nitrogen and oxygen atoms in total. The van der Waals surface area contributed by atoms with E-state index >= 15 is 0 Å². The zero-order chi connectivity index (χ0) is 22.8. The van der Waals surface area contributed by atoms with Crippen LogP contribution >= 0.6 is 0 Å². The van der Waals surface area contributed by atoms with E-state index < -0.39 is 6.04 Å². The van der Waals surface area contributed by atoms with Gasteiger partial charge >= 0.3 is 0 Å². The molecule has 1 unspecified atom stereocenters. The number of carbonyl (C=O) groups excluding carboxylic acids is 3. The number of carbonyl (C=O) groups is 3. The zero-order valence-electron chi connectivity index (χ0n) is 19.3. The third kappa shape index (κ3) is 7.24. The van der Waals surface area contributed by atoms with Crippen molar-refractivity contribution in [3.05, 3.63) is 24.3 Å². The first-order valence-electron chi connectivity index (χ1n) is 12.3. The molecule has 1 aliphatic carbocycles. The molecule has 1 atom stereocenters. The summed E-state index contributed by atoms with van der Waals surface area (Å²) in [6, 6.07) is 7.30. The van der Waals surface area contributed by atoms with Gasteiger partial charge in [-0.1, -0.05) is 38.7 Å². The molecule has 0 aromatic heterocycles. The third-order valence-corrected chi connectivity index (χ3v) is 6.44. The molecule has 32 heavy (non-hydrogen) atoms. The van der Waals surface area contributed by atoms with Gasteiger partial charge in [0.25, 0.3) is 0 Å². The molecule has 3 N–H and O–H groups in total. The van der Waals surface area contributed by atoms with Crippen LogP contribution in [0.1, 0.15) is 71.1 Å². The summed E-state index contributed by atoms with van der Waals surface area (Å²) in [4.78, 5) is 39.8. The van der Waals surface area contributed by atoms with Gasteiger partial charge in [-0.3, -0.25) is 14.4 Å². The van der Waals surface area contributed by atoms with Gasteiger partial charge in [0.05, 0.1) is 0 Å². The van der Waals surface area contributed by atoms with Crippen LogP contribution in [0.25, 0.3) is 0 Å². The minimum Gasteiger partial charge on any atom is -0.371 e. The summed E-state index contributed by atoms with van der Waals surface area (Å²) >= 11 is 0. The maximum Gasteiger partial charge on any atom is 0.246 e. The van der Waals surface area contributed by atoms with E-state index in [2.05, 4.69) is 26.9 Å². The molecule has 2 fully saturated rings. The summed E-state index contributed by atoms with van der Waals surface area (Å²) in [5, 5.41) is 8.70. The van der Waals surface area contributed by atoms with Gasteiger partial charge in [-0.15, -0.1) is 0 Å². The van der Waals surface area contributed by atoms with E-state index in [1.54, 1.807) is 0 Å². The first-order chi connectivity index (χ1) is 15.6. The SMILES string of the molecule is CCCC(NC(=O)CCNC(=O)C1CCCCC1)C(=O)Nc1cccc(N2CCCC2)c1. The molecule has 176 valence electrons. The number of nitrogens with one attached hydrogen (secondary N) is 3. The van der Waals surface area contributed by atoms with Gasteiger partial charge in [0, 0.05) is 43.3 Å². The molecule has 7 heteroatoms. The Bertz CT molecular complexity index is 770. The standard InChI is InChI=1S/C25H38N4O3/c1-2-9-22(28-23(30)14-15-26-24(31)19-10-4-3-5-11-19)25(32)27-20-12-8-13-21(18-20)29-16-6-7-17-29/h8,12-13,18-19,22H,2-7,9-11,14-17H2,1H3,(H,26,31)(H,27,32)(H,28,30). The summed E-state index contributed by atoms with van der Waals surface area (Å²) < 4.78 is 0. The molecule has 2 aliphatic rings. The molecule has 3 amide bonds. The Kier molecular flexibility index (Phi) is 9.38. The number of amides is 3. The lowest BCUT2D eigenvalue weighted by atomic mass is 9.89. The number of anilines is 2.